The lowest BCUT2D eigenvalue weighted by atomic mass is 10.2. The fourth-order valence-corrected chi connectivity index (χ4v) is 4.67. The zero-order valence-electron chi connectivity index (χ0n) is 11.4. The third-order valence-corrected chi connectivity index (χ3v) is 6.46. The van der Waals surface area contributed by atoms with Gasteiger partial charge in [-0.05, 0) is 12.8 Å². The van der Waals surface area contributed by atoms with Gasteiger partial charge in [-0.1, -0.05) is 0 Å². The van der Waals surface area contributed by atoms with Crippen LogP contribution in [0.25, 0.3) is 0 Å². The van der Waals surface area contributed by atoms with Gasteiger partial charge in [-0.2, -0.15) is 28.8 Å². The van der Waals surface area contributed by atoms with Gasteiger partial charge in [-0.25, -0.2) is 0 Å². The molecule has 2 aliphatic rings. The quantitative estimate of drug-likeness (QED) is 0.726. The van der Waals surface area contributed by atoms with E-state index >= 15 is 0 Å². The fraction of sp³-hybridized carbons (Fsp3) is 0.909. The molecule has 6 nitrogen and oxygen atoms in total. The van der Waals surface area contributed by atoms with Gasteiger partial charge in [0.1, 0.15) is 6.04 Å². The van der Waals surface area contributed by atoms with Crippen molar-refractivity contribution < 1.29 is 13.2 Å². The van der Waals surface area contributed by atoms with Crippen molar-refractivity contribution in [3.8, 4) is 0 Å². The lowest BCUT2D eigenvalue weighted by molar-refractivity contribution is -0.134. The molecule has 8 heteroatoms. The Hall–Kier alpha value is -0.310. The van der Waals surface area contributed by atoms with Crippen LogP contribution in [-0.4, -0.2) is 79.1 Å². The first-order valence-corrected chi connectivity index (χ1v) is 9.05. The second-order valence-electron chi connectivity index (χ2n) is 5.00. The Morgan fingerprint density at radius 1 is 1.21 bits per heavy atom. The van der Waals surface area contributed by atoms with Gasteiger partial charge in [0.15, 0.2) is 0 Å². The maximum atomic E-state index is 12.5. The van der Waals surface area contributed by atoms with Crippen LogP contribution in [0.1, 0.15) is 12.8 Å². The summed E-state index contributed by atoms with van der Waals surface area (Å²) in [6.07, 6.45) is 1.39. The van der Waals surface area contributed by atoms with Crippen LogP contribution in [-0.2, 0) is 15.0 Å². The zero-order valence-corrected chi connectivity index (χ0v) is 13.0. The number of hydrogen-bond acceptors (Lipinski definition) is 4. The van der Waals surface area contributed by atoms with Gasteiger partial charge < -0.3 is 4.90 Å². The van der Waals surface area contributed by atoms with Crippen molar-refractivity contribution in [2.45, 2.75) is 18.9 Å². The smallest absolute Gasteiger partial charge is 0.282 e. The number of carbonyl (C=O) groups is 1. The molecule has 0 aromatic rings. The summed E-state index contributed by atoms with van der Waals surface area (Å²) in [6, 6.07) is -0.504. The lowest BCUT2D eigenvalue weighted by Crippen LogP contribution is -2.52. The monoisotopic (exact) mass is 307 g/mol. The predicted molar refractivity (Wildman–Crippen MR) is 76.2 cm³/mol. The van der Waals surface area contributed by atoms with Gasteiger partial charge in [0, 0.05) is 45.2 Å². The fourth-order valence-electron chi connectivity index (χ4n) is 2.47. The number of thioether (sulfide) groups is 1. The molecule has 0 aliphatic carbocycles. The molecule has 1 atom stereocenters. The van der Waals surface area contributed by atoms with Crippen molar-refractivity contribution in [1.29, 1.82) is 0 Å². The number of hydrogen-bond donors (Lipinski definition) is 0. The largest absolute Gasteiger partial charge is 0.340 e. The first-order chi connectivity index (χ1) is 8.94. The minimum absolute atomic E-state index is 0.0248. The third kappa shape index (κ3) is 3.07. The Morgan fingerprint density at radius 2 is 1.84 bits per heavy atom. The third-order valence-electron chi connectivity index (χ3n) is 3.57. The second kappa shape index (κ2) is 5.99. The molecule has 2 saturated heterocycles. The summed E-state index contributed by atoms with van der Waals surface area (Å²) in [5.74, 6) is 1.86. The summed E-state index contributed by atoms with van der Waals surface area (Å²) in [4.78, 5) is 14.3. The highest BCUT2D eigenvalue weighted by Crippen LogP contribution is 2.24. The van der Waals surface area contributed by atoms with E-state index in [1.807, 2.05) is 16.7 Å². The molecule has 1 amide bonds. The number of carbonyl (C=O) groups excluding carboxylic acids is 1. The standard InChI is InChI=1S/C11H21N3O3S2/c1-12(2)19(16,17)14-5-3-4-10(14)11(15)13-6-8-18-9-7-13/h10H,3-9H2,1-2H3/t10-/m1/s1. The van der Waals surface area contributed by atoms with E-state index < -0.39 is 16.3 Å². The molecule has 0 bridgehead atoms. The molecule has 110 valence electrons. The molecular weight excluding hydrogens is 286 g/mol. The molecule has 0 radical (unpaired) electrons. The maximum Gasteiger partial charge on any atom is 0.282 e. The van der Waals surface area contributed by atoms with E-state index in [0.717, 1.165) is 31.0 Å². The SMILES string of the molecule is CN(C)S(=O)(=O)N1CCC[C@@H]1C(=O)N1CCSCC1. The molecule has 0 spiro atoms. The Balaban J connectivity index is 2.12. The van der Waals surface area contributed by atoms with Gasteiger partial charge in [0.2, 0.25) is 5.91 Å². The van der Waals surface area contributed by atoms with Gasteiger partial charge in [0.05, 0.1) is 0 Å². The normalized spacial score (nSPS) is 26.1. The van der Waals surface area contributed by atoms with Crippen LogP contribution in [0.3, 0.4) is 0 Å². The predicted octanol–water partition coefficient (Wildman–Crippen LogP) is -0.167. The van der Waals surface area contributed by atoms with Gasteiger partial charge in [0.25, 0.3) is 10.2 Å². The van der Waals surface area contributed by atoms with Gasteiger partial charge in [-0.3, -0.25) is 4.79 Å². The second-order valence-corrected chi connectivity index (χ2v) is 8.32. The molecule has 2 fully saturated rings. The van der Waals surface area contributed by atoms with Crippen LogP contribution < -0.4 is 0 Å². The number of nitrogens with zero attached hydrogens (tertiary/aromatic N) is 3. The van der Waals surface area contributed by atoms with Crippen LogP contribution in [0.4, 0.5) is 0 Å². The van der Waals surface area contributed by atoms with Crippen LogP contribution in [0.2, 0.25) is 0 Å². The topological polar surface area (TPSA) is 60.9 Å². The molecular formula is C11H21N3O3S2. The van der Waals surface area contributed by atoms with Gasteiger partial charge >= 0.3 is 0 Å². The van der Waals surface area contributed by atoms with Crippen LogP contribution >= 0.6 is 11.8 Å². The van der Waals surface area contributed by atoms with E-state index in [-0.39, 0.29) is 5.91 Å². The molecule has 19 heavy (non-hydrogen) atoms. The summed E-state index contributed by atoms with van der Waals surface area (Å²) in [5, 5.41) is 0. The van der Waals surface area contributed by atoms with E-state index in [1.165, 1.54) is 22.7 Å². The Kier molecular flexibility index (Phi) is 4.75. The van der Waals surface area contributed by atoms with E-state index in [1.54, 1.807) is 0 Å². The molecule has 2 aliphatic heterocycles. The van der Waals surface area contributed by atoms with Crippen LogP contribution in [0, 0.1) is 0 Å². The van der Waals surface area contributed by atoms with Crippen molar-refractivity contribution >= 4 is 27.9 Å². The first kappa shape index (κ1) is 15.1. The zero-order chi connectivity index (χ0) is 14.0. The summed E-state index contributed by atoms with van der Waals surface area (Å²) < 4.78 is 27.0. The molecule has 0 unspecified atom stereocenters. The van der Waals surface area contributed by atoms with Crippen molar-refractivity contribution in [3.05, 3.63) is 0 Å². The van der Waals surface area contributed by atoms with Crippen LogP contribution in [0.15, 0.2) is 0 Å². The molecule has 0 N–H and O–H groups in total. The van der Waals surface area contributed by atoms with E-state index in [9.17, 15) is 13.2 Å². The molecule has 2 heterocycles. The average Bonchev–Trinajstić information content (AvgIpc) is 2.88. The first-order valence-electron chi connectivity index (χ1n) is 6.50. The van der Waals surface area contributed by atoms with Crippen molar-refractivity contribution in [3.63, 3.8) is 0 Å². The summed E-state index contributed by atoms with van der Waals surface area (Å²) >= 11 is 1.84. The molecule has 0 aromatic heterocycles. The highest BCUT2D eigenvalue weighted by atomic mass is 32.2. The Morgan fingerprint density at radius 3 is 2.42 bits per heavy atom. The summed E-state index contributed by atoms with van der Waals surface area (Å²) in [5.41, 5.74) is 0. The highest BCUT2D eigenvalue weighted by molar-refractivity contribution is 7.99. The van der Waals surface area contributed by atoms with Crippen molar-refractivity contribution in [1.82, 2.24) is 13.5 Å². The van der Waals surface area contributed by atoms with Crippen molar-refractivity contribution in [2.75, 3.05) is 45.2 Å². The lowest BCUT2D eigenvalue weighted by Gasteiger charge is -2.32. The summed E-state index contributed by atoms with van der Waals surface area (Å²) in [7, 11) is -0.482. The Labute approximate surface area is 119 Å². The van der Waals surface area contributed by atoms with Crippen LogP contribution in [0.5, 0.6) is 0 Å². The average molecular weight is 307 g/mol. The molecule has 0 saturated carbocycles. The number of amides is 1. The molecule has 0 aromatic carbocycles. The van der Waals surface area contributed by atoms with E-state index in [2.05, 4.69) is 0 Å². The summed E-state index contributed by atoms with van der Waals surface area (Å²) in [6.45, 7) is 1.91. The van der Waals surface area contributed by atoms with Crippen molar-refractivity contribution in [2.24, 2.45) is 0 Å². The Bertz CT molecular complexity index is 432. The highest BCUT2D eigenvalue weighted by Gasteiger charge is 2.41. The maximum absolute atomic E-state index is 12.5. The van der Waals surface area contributed by atoms with Gasteiger partial charge in [-0.15, -0.1) is 0 Å². The minimum Gasteiger partial charge on any atom is -0.340 e. The van der Waals surface area contributed by atoms with E-state index in [4.69, 9.17) is 0 Å². The minimum atomic E-state index is -3.50. The number of rotatable bonds is 3. The molecule has 2 rings (SSSR count). The van der Waals surface area contributed by atoms with E-state index in [0.29, 0.717) is 13.0 Å².